The van der Waals surface area contributed by atoms with E-state index < -0.39 is 6.10 Å². The highest BCUT2D eigenvalue weighted by Gasteiger charge is 2.13. The molecule has 7 nitrogen and oxygen atoms in total. The maximum Gasteiger partial charge on any atom is 0.334 e. The summed E-state index contributed by atoms with van der Waals surface area (Å²) in [4.78, 5) is 7.92. The van der Waals surface area contributed by atoms with E-state index in [1.807, 2.05) is 0 Å². The molecule has 0 saturated carbocycles. The zero-order valence-corrected chi connectivity index (χ0v) is 8.16. The Labute approximate surface area is 85.5 Å². The van der Waals surface area contributed by atoms with Gasteiger partial charge in [-0.1, -0.05) is 0 Å². The van der Waals surface area contributed by atoms with Crippen molar-refractivity contribution in [1.82, 2.24) is 19.6 Å². The van der Waals surface area contributed by atoms with Crippen molar-refractivity contribution in [3.63, 3.8) is 0 Å². The Balaban J connectivity index is 2.56. The van der Waals surface area contributed by atoms with Gasteiger partial charge in [0, 0.05) is 6.54 Å². The molecule has 0 saturated heterocycles. The van der Waals surface area contributed by atoms with Crippen LogP contribution in [0.3, 0.4) is 0 Å². The maximum atomic E-state index is 9.59. The van der Waals surface area contributed by atoms with Crippen LogP contribution in [-0.4, -0.2) is 38.3 Å². The van der Waals surface area contributed by atoms with Crippen molar-refractivity contribution in [3.8, 4) is 6.01 Å². The van der Waals surface area contributed by atoms with E-state index in [1.54, 1.807) is 0 Å². The first-order valence-electron chi connectivity index (χ1n) is 4.39. The summed E-state index contributed by atoms with van der Waals surface area (Å²) in [5.74, 6) is 0. The van der Waals surface area contributed by atoms with E-state index in [-0.39, 0.29) is 12.6 Å². The van der Waals surface area contributed by atoms with Gasteiger partial charge in [-0.05, 0) is 0 Å². The van der Waals surface area contributed by atoms with Gasteiger partial charge in [0.15, 0.2) is 5.65 Å². The normalized spacial score (nSPS) is 13.0. The molecule has 0 spiro atoms. The molecule has 0 aliphatic rings. The van der Waals surface area contributed by atoms with Crippen LogP contribution in [0.4, 0.5) is 0 Å². The van der Waals surface area contributed by atoms with E-state index in [9.17, 15) is 5.11 Å². The molecule has 2 rings (SSSR count). The molecule has 0 fully saturated rings. The van der Waals surface area contributed by atoms with Gasteiger partial charge in [-0.15, -0.1) is 5.10 Å². The Morgan fingerprint density at radius 2 is 2.33 bits per heavy atom. The van der Waals surface area contributed by atoms with Gasteiger partial charge >= 0.3 is 6.01 Å². The Morgan fingerprint density at radius 1 is 1.53 bits per heavy atom. The standard InChI is InChI=1S/C8H11N5O2/c1-15-8-11-4-7-10-3-5(6(14)2-9)13(7)12-8/h3-4,6,14H,2,9H2,1H3. The lowest BCUT2D eigenvalue weighted by atomic mass is 10.3. The molecule has 0 amide bonds. The highest BCUT2D eigenvalue weighted by molar-refractivity contribution is 5.36. The third kappa shape index (κ3) is 1.62. The Kier molecular flexibility index (Phi) is 2.48. The Bertz CT molecular complexity index is 469. The second-order valence-corrected chi connectivity index (χ2v) is 2.95. The molecule has 15 heavy (non-hydrogen) atoms. The third-order valence-corrected chi connectivity index (χ3v) is 2.01. The first-order chi connectivity index (χ1) is 7.26. The first-order valence-corrected chi connectivity index (χ1v) is 4.39. The fraction of sp³-hybridized carbons (Fsp3) is 0.375. The zero-order chi connectivity index (χ0) is 10.8. The molecule has 2 aromatic rings. The molecule has 2 heterocycles. The maximum absolute atomic E-state index is 9.59. The van der Waals surface area contributed by atoms with Crippen LogP contribution >= 0.6 is 0 Å². The number of aliphatic hydroxyl groups excluding tert-OH is 1. The summed E-state index contributed by atoms with van der Waals surface area (Å²) in [6, 6.07) is 0.214. The van der Waals surface area contributed by atoms with Crippen LogP contribution < -0.4 is 10.5 Å². The zero-order valence-electron chi connectivity index (χ0n) is 8.16. The first kappa shape index (κ1) is 9.81. The minimum absolute atomic E-state index is 0.111. The fourth-order valence-electron chi connectivity index (χ4n) is 1.24. The minimum atomic E-state index is -0.792. The number of hydrogen-bond acceptors (Lipinski definition) is 6. The highest BCUT2D eigenvalue weighted by Crippen LogP contribution is 2.13. The summed E-state index contributed by atoms with van der Waals surface area (Å²) in [7, 11) is 1.47. The lowest BCUT2D eigenvalue weighted by Gasteiger charge is -2.06. The summed E-state index contributed by atoms with van der Waals surface area (Å²) in [6.07, 6.45) is 2.24. The molecule has 1 unspecified atom stereocenters. The van der Waals surface area contributed by atoms with Crippen LogP contribution in [0.25, 0.3) is 5.65 Å². The van der Waals surface area contributed by atoms with E-state index in [0.29, 0.717) is 11.3 Å². The summed E-state index contributed by atoms with van der Waals surface area (Å²) >= 11 is 0. The fourth-order valence-corrected chi connectivity index (χ4v) is 1.24. The molecule has 0 aliphatic heterocycles. The van der Waals surface area contributed by atoms with Crippen molar-refractivity contribution >= 4 is 5.65 Å². The van der Waals surface area contributed by atoms with Gasteiger partial charge in [0.25, 0.3) is 0 Å². The topological polar surface area (TPSA) is 98.6 Å². The van der Waals surface area contributed by atoms with Gasteiger partial charge in [-0.2, -0.15) is 4.98 Å². The van der Waals surface area contributed by atoms with E-state index in [1.165, 1.54) is 24.0 Å². The number of methoxy groups -OCH3 is 1. The van der Waals surface area contributed by atoms with Gasteiger partial charge in [-0.3, -0.25) is 0 Å². The van der Waals surface area contributed by atoms with Crippen LogP contribution in [-0.2, 0) is 0 Å². The molecular formula is C8H11N5O2. The van der Waals surface area contributed by atoms with E-state index >= 15 is 0 Å². The summed E-state index contributed by atoms with van der Waals surface area (Å²) in [5, 5.41) is 13.6. The number of aliphatic hydroxyl groups is 1. The molecule has 0 aliphatic carbocycles. The van der Waals surface area contributed by atoms with E-state index in [2.05, 4.69) is 15.1 Å². The summed E-state index contributed by atoms with van der Waals surface area (Å²) in [5.41, 5.74) is 6.42. The van der Waals surface area contributed by atoms with Gasteiger partial charge in [0.05, 0.1) is 25.2 Å². The van der Waals surface area contributed by atoms with Crippen molar-refractivity contribution in [1.29, 1.82) is 0 Å². The van der Waals surface area contributed by atoms with Crippen LogP contribution in [0, 0.1) is 0 Å². The van der Waals surface area contributed by atoms with Crippen molar-refractivity contribution < 1.29 is 9.84 Å². The predicted octanol–water partition coefficient (Wildman–Crippen LogP) is -0.875. The highest BCUT2D eigenvalue weighted by atomic mass is 16.5. The Morgan fingerprint density at radius 3 is 3.00 bits per heavy atom. The number of rotatable bonds is 3. The van der Waals surface area contributed by atoms with Crippen molar-refractivity contribution in [2.24, 2.45) is 5.73 Å². The largest absolute Gasteiger partial charge is 0.466 e. The average molecular weight is 209 g/mol. The number of imidazole rings is 1. The molecule has 0 aromatic carbocycles. The number of fused-ring (bicyclic) bond motifs is 1. The van der Waals surface area contributed by atoms with Crippen LogP contribution in [0.15, 0.2) is 12.4 Å². The molecule has 0 bridgehead atoms. The molecule has 3 N–H and O–H groups in total. The van der Waals surface area contributed by atoms with Gasteiger partial charge < -0.3 is 15.6 Å². The summed E-state index contributed by atoms with van der Waals surface area (Å²) < 4.78 is 6.34. The predicted molar refractivity (Wildman–Crippen MR) is 51.3 cm³/mol. The lowest BCUT2D eigenvalue weighted by molar-refractivity contribution is 0.179. The molecule has 7 heteroatoms. The lowest BCUT2D eigenvalue weighted by Crippen LogP contribution is -2.14. The average Bonchev–Trinajstić information content (AvgIpc) is 2.70. The van der Waals surface area contributed by atoms with Crippen molar-refractivity contribution in [2.45, 2.75) is 6.10 Å². The minimum Gasteiger partial charge on any atom is -0.466 e. The summed E-state index contributed by atoms with van der Waals surface area (Å²) in [6.45, 7) is 0.111. The number of aromatic nitrogens is 4. The second-order valence-electron chi connectivity index (χ2n) is 2.95. The quantitative estimate of drug-likeness (QED) is 0.681. The van der Waals surface area contributed by atoms with Crippen LogP contribution in [0.5, 0.6) is 6.01 Å². The number of hydrogen-bond donors (Lipinski definition) is 2. The van der Waals surface area contributed by atoms with E-state index in [4.69, 9.17) is 10.5 Å². The molecule has 1 atom stereocenters. The van der Waals surface area contributed by atoms with Crippen molar-refractivity contribution in [2.75, 3.05) is 13.7 Å². The van der Waals surface area contributed by atoms with Gasteiger partial charge in [0.1, 0.15) is 6.10 Å². The smallest absolute Gasteiger partial charge is 0.334 e. The van der Waals surface area contributed by atoms with E-state index in [0.717, 1.165) is 0 Å². The molecule has 0 radical (unpaired) electrons. The number of ether oxygens (including phenoxy) is 1. The molecule has 80 valence electrons. The SMILES string of the molecule is COc1ncc2ncc(C(O)CN)n2n1. The number of nitrogens with zero attached hydrogens (tertiary/aromatic N) is 4. The molecule has 2 aromatic heterocycles. The van der Waals surface area contributed by atoms with Crippen LogP contribution in [0.2, 0.25) is 0 Å². The number of nitrogens with two attached hydrogens (primary N) is 1. The van der Waals surface area contributed by atoms with Crippen LogP contribution in [0.1, 0.15) is 11.8 Å². The third-order valence-electron chi connectivity index (χ3n) is 2.01. The second kappa shape index (κ2) is 3.79. The molecular weight excluding hydrogens is 198 g/mol. The Hall–Kier alpha value is -1.73. The van der Waals surface area contributed by atoms with Gasteiger partial charge in [-0.25, -0.2) is 9.50 Å². The van der Waals surface area contributed by atoms with Gasteiger partial charge in [0.2, 0.25) is 0 Å². The van der Waals surface area contributed by atoms with Crippen molar-refractivity contribution in [3.05, 3.63) is 18.1 Å². The monoisotopic (exact) mass is 209 g/mol.